The maximum atomic E-state index is 11.3. The highest BCUT2D eigenvalue weighted by Crippen LogP contribution is 2.23. The van der Waals surface area contributed by atoms with Gasteiger partial charge >= 0.3 is 5.97 Å². The average molecular weight is 268 g/mol. The molecule has 4 heteroatoms. The maximum absolute atomic E-state index is 11.3. The van der Waals surface area contributed by atoms with Crippen molar-refractivity contribution in [3.8, 4) is 0 Å². The van der Waals surface area contributed by atoms with Gasteiger partial charge in [0, 0.05) is 19.0 Å². The van der Waals surface area contributed by atoms with E-state index in [-0.39, 0.29) is 10.5 Å². The van der Waals surface area contributed by atoms with Crippen LogP contribution in [0, 0.1) is 0 Å². The van der Waals surface area contributed by atoms with Crippen LogP contribution < -0.4 is 0 Å². The molecule has 0 aromatic heterocycles. The molecule has 0 spiro atoms. The van der Waals surface area contributed by atoms with Crippen LogP contribution in [0.25, 0.3) is 0 Å². The second kappa shape index (κ2) is 8.16. The monoisotopic (exact) mass is 268 g/mol. The molecule has 0 saturated heterocycles. The molecule has 0 heterocycles. The van der Waals surface area contributed by atoms with Crippen LogP contribution in [0.2, 0.25) is 0 Å². The van der Waals surface area contributed by atoms with E-state index in [1.54, 1.807) is 7.11 Å². The molecule has 100 valence electrons. The summed E-state index contributed by atoms with van der Waals surface area (Å²) in [4.78, 5) is 11.3. The van der Waals surface area contributed by atoms with Crippen LogP contribution in [0.3, 0.4) is 0 Å². The molecule has 0 radical (unpaired) electrons. The Hall–Kier alpha value is -1.00. The van der Waals surface area contributed by atoms with E-state index < -0.39 is 5.97 Å². The van der Waals surface area contributed by atoms with Gasteiger partial charge in [-0.2, -0.15) is 0 Å². The molecular weight excluding hydrogens is 248 g/mol. The fourth-order valence-corrected chi connectivity index (χ4v) is 2.85. The van der Waals surface area contributed by atoms with Gasteiger partial charge in [0.2, 0.25) is 0 Å². The summed E-state index contributed by atoms with van der Waals surface area (Å²) in [5.41, 5.74) is 1.07. The van der Waals surface area contributed by atoms with Crippen LogP contribution in [0.1, 0.15) is 18.9 Å². The highest BCUT2D eigenvalue weighted by atomic mass is 32.2. The Bertz CT molecular complexity index is 353. The zero-order valence-corrected chi connectivity index (χ0v) is 11.7. The van der Waals surface area contributed by atoms with Gasteiger partial charge in [0.25, 0.3) is 0 Å². The second-order valence-electron chi connectivity index (χ2n) is 4.24. The third kappa shape index (κ3) is 5.56. The van der Waals surface area contributed by atoms with Gasteiger partial charge in [-0.3, -0.25) is 4.79 Å². The number of rotatable bonds is 8. The summed E-state index contributed by atoms with van der Waals surface area (Å²) in [6, 6.07) is 9.75. The van der Waals surface area contributed by atoms with Crippen LogP contribution in [0.4, 0.5) is 0 Å². The van der Waals surface area contributed by atoms with Crippen LogP contribution in [0.15, 0.2) is 30.3 Å². The lowest BCUT2D eigenvalue weighted by atomic mass is 10.1. The van der Waals surface area contributed by atoms with Gasteiger partial charge in [0.15, 0.2) is 0 Å². The van der Waals surface area contributed by atoms with Gasteiger partial charge in [-0.25, -0.2) is 0 Å². The number of ether oxygens (including phenoxy) is 1. The Morgan fingerprint density at radius 1 is 1.39 bits per heavy atom. The first-order chi connectivity index (χ1) is 8.63. The SMILES string of the molecule is COCCC(C)SC(Cc1ccccc1)C(=O)O. The number of benzene rings is 1. The van der Waals surface area contributed by atoms with E-state index in [1.807, 2.05) is 37.3 Å². The fourth-order valence-electron chi connectivity index (χ4n) is 1.65. The number of hydrogen-bond donors (Lipinski definition) is 1. The number of carboxylic acid groups (broad SMARTS) is 1. The third-order valence-corrected chi connectivity index (χ3v) is 4.06. The summed E-state index contributed by atoms with van der Waals surface area (Å²) < 4.78 is 5.01. The smallest absolute Gasteiger partial charge is 0.316 e. The molecule has 1 aromatic carbocycles. The first kappa shape index (κ1) is 15.1. The average Bonchev–Trinajstić information content (AvgIpc) is 2.36. The summed E-state index contributed by atoms with van der Waals surface area (Å²) in [5, 5.41) is 9.15. The minimum atomic E-state index is -0.742. The zero-order valence-electron chi connectivity index (χ0n) is 10.8. The first-order valence-electron chi connectivity index (χ1n) is 6.04. The number of carbonyl (C=O) groups is 1. The van der Waals surface area contributed by atoms with Crippen molar-refractivity contribution in [1.29, 1.82) is 0 Å². The van der Waals surface area contributed by atoms with Crippen molar-refractivity contribution in [2.45, 2.75) is 30.3 Å². The molecule has 0 aliphatic heterocycles. The second-order valence-corrected chi connectivity index (χ2v) is 5.89. The highest BCUT2D eigenvalue weighted by Gasteiger charge is 2.21. The molecule has 0 aliphatic rings. The fraction of sp³-hybridized carbons (Fsp3) is 0.500. The number of aliphatic carboxylic acids is 1. The van der Waals surface area contributed by atoms with Crippen LogP contribution in [-0.2, 0) is 16.0 Å². The van der Waals surface area contributed by atoms with Crippen molar-refractivity contribution >= 4 is 17.7 Å². The van der Waals surface area contributed by atoms with Gasteiger partial charge in [-0.05, 0) is 18.4 Å². The molecule has 2 atom stereocenters. The minimum absolute atomic E-state index is 0.287. The minimum Gasteiger partial charge on any atom is -0.480 e. The largest absolute Gasteiger partial charge is 0.480 e. The van der Waals surface area contributed by atoms with E-state index in [4.69, 9.17) is 4.74 Å². The van der Waals surface area contributed by atoms with E-state index in [1.165, 1.54) is 11.8 Å². The number of carboxylic acids is 1. The van der Waals surface area contributed by atoms with E-state index in [0.717, 1.165) is 12.0 Å². The van der Waals surface area contributed by atoms with Crippen LogP contribution in [0.5, 0.6) is 0 Å². The van der Waals surface area contributed by atoms with Crippen molar-refractivity contribution < 1.29 is 14.6 Å². The van der Waals surface area contributed by atoms with Gasteiger partial charge in [-0.15, -0.1) is 11.8 Å². The molecule has 18 heavy (non-hydrogen) atoms. The van der Waals surface area contributed by atoms with E-state index in [2.05, 4.69) is 0 Å². The maximum Gasteiger partial charge on any atom is 0.316 e. The molecule has 0 fully saturated rings. The summed E-state index contributed by atoms with van der Waals surface area (Å²) in [6.07, 6.45) is 1.44. The Balaban J connectivity index is 2.52. The normalized spacial score (nSPS) is 14.1. The van der Waals surface area contributed by atoms with Crippen LogP contribution in [-0.4, -0.2) is 35.3 Å². The van der Waals surface area contributed by atoms with Gasteiger partial charge in [0.05, 0.1) is 0 Å². The molecule has 0 amide bonds. The molecule has 0 saturated carbocycles. The van der Waals surface area contributed by atoms with E-state index in [9.17, 15) is 9.90 Å². The summed E-state index contributed by atoms with van der Waals surface area (Å²) in [5.74, 6) is -0.742. The molecule has 1 aromatic rings. The lowest BCUT2D eigenvalue weighted by Gasteiger charge is -2.17. The lowest BCUT2D eigenvalue weighted by molar-refractivity contribution is -0.136. The summed E-state index contributed by atoms with van der Waals surface area (Å²) in [6.45, 7) is 2.72. The summed E-state index contributed by atoms with van der Waals surface area (Å²) >= 11 is 1.51. The van der Waals surface area contributed by atoms with Crippen molar-refractivity contribution in [3.63, 3.8) is 0 Å². The third-order valence-electron chi connectivity index (χ3n) is 2.66. The quantitative estimate of drug-likeness (QED) is 0.787. The van der Waals surface area contributed by atoms with Gasteiger partial charge in [-0.1, -0.05) is 37.3 Å². The molecule has 1 rings (SSSR count). The molecule has 0 bridgehead atoms. The Kier molecular flexibility index (Phi) is 6.83. The molecule has 2 unspecified atom stereocenters. The number of methoxy groups -OCH3 is 1. The van der Waals surface area contributed by atoms with E-state index in [0.29, 0.717) is 13.0 Å². The zero-order chi connectivity index (χ0) is 13.4. The standard InChI is InChI=1S/C14H20O3S/c1-11(8-9-17-2)18-13(14(15)16)10-12-6-4-3-5-7-12/h3-7,11,13H,8-10H2,1-2H3,(H,15,16). The van der Waals surface area contributed by atoms with Gasteiger partial charge < -0.3 is 9.84 Å². The van der Waals surface area contributed by atoms with Crippen molar-refractivity contribution in [2.75, 3.05) is 13.7 Å². The molecule has 0 aliphatic carbocycles. The first-order valence-corrected chi connectivity index (χ1v) is 6.99. The summed E-state index contributed by atoms with van der Waals surface area (Å²) in [7, 11) is 1.66. The Labute approximate surface area is 113 Å². The van der Waals surface area contributed by atoms with Crippen molar-refractivity contribution in [1.82, 2.24) is 0 Å². The van der Waals surface area contributed by atoms with Gasteiger partial charge in [0.1, 0.15) is 5.25 Å². The highest BCUT2D eigenvalue weighted by molar-refractivity contribution is 8.01. The Morgan fingerprint density at radius 3 is 2.61 bits per heavy atom. The number of thioether (sulfide) groups is 1. The van der Waals surface area contributed by atoms with E-state index >= 15 is 0 Å². The predicted octanol–water partition coefficient (Wildman–Crippen LogP) is 2.84. The van der Waals surface area contributed by atoms with Crippen molar-refractivity contribution in [2.24, 2.45) is 0 Å². The molecular formula is C14H20O3S. The molecule has 3 nitrogen and oxygen atoms in total. The number of hydrogen-bond acceptors (Lipinski definition) is 3. The predicted molar refractivity (Wildman–Crippen MR) is 75.1 cm³/mol. The molecule has 1 N–H and O–H groups in total. The topological polar surface area (TPSA) is 46.5 Å². The Morgan fingerprint density at radius 2 is 2.06 bits per heavy atom. The lowest BCUT2D eigenvalue weighted by Crippen LogP contribution is -2.22. The van der Waals surface area contributed by atoms with Crippen molar-refractivity contribution in [3.05, 3.63) is 35.9 Å². The van der Waals surface area contributed by atoms with Crippen LogP contribution >= 0.6 is 11.8 Å².